The third kappa shape index (κ3) is 2.94. The smallest absolute Gasteiger partial charge is 0.170 e. The molecule has 3 aromatic carbocycles. The van der Waals surface area contributed by atoms with Gasteiger partial charge in [-0.2, -0.15) is 0 Å². The van der Waals surface area contributed by atoms with Crippen molar-refractivity contribution in [3.8, 4) is 5.75 Å². The summed E-state index contributed by atoms with van der Waals surface area (Å²) in [5.74, 6) is 1.62. The lowest BCUT2D eigenvalue weighted by Crippen LogP contribution is -2.13. The van der Waals surface area contributed by atoms with Gasteiger partial charge in [0.1, 0.15) is 11.5 Å². The summed E-state index contributed by atoms with van der Waals surface area (Å²) >= 11 is 0. The van der Waals surface area contributed by atoms with Crippen LogP contribution in [0.2, 0.25) is 0 Å². The van der Waals surface area contributed by atoms with E-state index in [1.54, 1.807) is 6.07 Å². The number of phenolic OH excluding ortho intramolecular Hbond substituents is 1. The Morgan fingerprint density at radius 3 is 2.48 bits per heavy atom. The molecular weight excluding hydrogens is 312 g/mol. The second-order valence-corrected chi connectivity index (χ2v) is 6.03. The molecule has 4 aromatic rings. The van der Waals surface area contributed by atoms with E-state index in [-0.39, 0.29) is 11.8 Å². The van der Waals surface area contributed by atoms with Crippen molar-refractivity contribution in [1.82, 2.24) is 5.16 Å². The van der Waals surface area contributed by atoms with Crippen LogP contribution in [0.5, 0.6) is 5.75 Å². The number of nitrogens with zero attached hydrogens (tertiary/aromatic N) is 1. The molecule has 1 aromatic heterocycles. The van der Waals surface area contributed by atoms with Gasteiger partial charge in [-0.3, -0.25) is 0 Å². The molecule has 0 aliphatic carbocycles. The summed E-state index contributed by atoms with van der Waals surface area (Å²) in [6.45, 7) is 1.85. The number of aromatic hydroxyl groups is 1. The first-order valence-corrected chi connectivity index (χ1v) is 8.18. The average molecular weight is 330 g/mol. The van der Waals surface area contributed by atoms with Crippen molar-refractivity contribution in [3.05, 3.63) is 89.7 Å². The summed E-state index contributed by atoms with van der Waals surface area (Å²) in [6.07, 6.45) is 0. The van der Waals surface area contributed by atoms with Crippen molar-refractivity contribution in [2.75, 3.05) is 5.32 Å². The van der Waals surface area contributed by atoms with Gasteiger partial charge in [0.25, 0.3) is 0 Å². The van der Waals surface area contributed by atoms with Gasteiger partial charge in [0.05, 0.1) is 6.04 Å². The average Bonchev–Trinajstić information content (AvgIpc) is 3.06. The van der Waals surface area contributed by atoms with Crippen LogP contribution in [-0.2, 0) is 0 Å². The van der Waals surface area contributed by atoms with E-state index in [1.165, 1.54) is 0 Å². The Labute approximate surface area is 145 Å². The summed E-state index contributed by atoms with van der Waals surface area (Å²) in [5.41, 5.74) is 1.86. The van der Waals surface area contributed by atoms with Gasteiger partial charge < -0.3 is 14.9 Å². The van der Waals surface area contributed by atoms with Gasteiger partial charge in [-0.1, -0.05) is 65.8 Å². The highest BCUT2D eigenvalue weighted by molar-refractivity contribution is 5.89. The highest BCUT2D eigenvalue weighted by Crippen LogP contribution is 2.37. The van der Waals surface area contributed by atoms with Crippen molar-refractivity contribution in [3.63, 3.8) is 0 Å². The molecule has 1 unspecified atom stereocenters. The van der Waals surface area contributed by atoms with E-state index in [1.807, 2.05) is 73.7 Å². The fraction of sp³-hybridized carbons (Fsp3) is 0.0952. The molecule has 0 aliphatic heterocycles. The lowest BCUT2D eigenvalue weighted by molar-refractivity contribution is 0.399. The molecule has 0 saturated heterocycles. The number of rotatable bonds is 4. The Balaban J connectivity index is 1.90. The number of benzene rings is 3. The number of fused-ring (bicyclic) bond motifs is 1. The molecule has 1 heterocycles. The summed E-state index contributed by atoms with van der Waals surface area (Å²) in [6, 6.07) is 23.3. The maximum absolute atomic E-state index is 10.6. The summed E-state index contributed by atoms with van der Waals surface area (Å²) in [4.78, 5) is 0. The van der Waals surface area contributed by atoms with Gasteiger partial charge in [-0.25, -0.2) is 0 Å². The predicted molar refractivity (Wildman–Crippen MR) is 98.8 cm³/mol. The van der Waals surface area contributed by atoms with Gasteiger partial charge in [0.15, 0.2) is 5.82 Å². The van der Waals surface area contributed by atoms with Crippen LogP contribution in [0.3, 0.4) is 0 Å². The number of phenols is 1. The maximum Gasteiger partial charge on any atom is 0.170 e. The number of nitrogens with one attached hydrogen (secondary N) is 1. The fourth-order valence-corrected chi connectivity index (χ4v) is 3.14. The molecule has 0 aliphatic rings. The Morgan fingerprint density at radius 1 is 0.960 bits per heavy atom. The molecular formula is C21H18N2O2. The van der Waals surface area contributed by atoms with Crippen molar-refractivity contribution >= 4 is 16.6 Å². The lowest BCUT2D eigenvalue weighted by Gasteiger charge is -2.22. The largest absolute Gasteiger partial charge is 0.508 e. The molecule has 0 amide bonds. The molecule has 2 N–H and O–H groups in total. The van der Waals surface area contributed by atoms with Crippen molar-refractivity contribution < 1.29 is 9.63 Å². The number of anilines is 1. The van der Waals surface area contributed by atoms with Crippen molar-refractivity contribution in [1.29, 1.82) is 0 Å². The molecule has 124 valence electrons. The van der Waals surface area contributed by atoms with Gasteiger partial charge in [0, 0.05) is 11.6 Å². The second kappa shape index (κ2) is 6.32. The summed E-state index contributed by atoms with van der Waals surface area (Å²) in [7, 11) is 0. The van der Waals surface area contributed by atoms with Crippen LogP contribution in [0.15, 0.2) is 77.3 Å². The SMILES string of the molecule is Cc1cc(NC(c2ccccc2)c2c(O)ccc3ccccc23)no1. The third-order valence-electron chi connectivity index (χ3n) is 4.29. The van der Waals surface area contributed by atoms with Crippen LogP contribution in [0.1, 0.15) is 22.9 Å². The highest BCUT2D eigenvalue weighted by atomic mass is 16.5. The minimum Gasteiger partial charge on any atom is -0.508 e. The number of hydrogen-bond acceptors (Lipinski definition) is 4. The van der Waals surface area contributed by atoms with E-state index >= 15 is 0 Å². The first-order valence-electron chi connectivity index (χ1n) is 8.18. The summed E-state index contributed by atoms with van der Waals surface area (Å²) < 4.78 is 5.18. The zero-order chi connectivity index (χ0) is 17.2. The van der Waals surface area contributed by atoms with Crippen LogP contribution in [-0.4, -0.2) is 10.3 Å². The van der Waals surface area contributed by atoms with Gasteiger partial charge in [-0.15, -0.1) is 0 Å². The van der Waals surface area contributed by atoms with Crippen LogP contribution in [0.25, 0.3) is 10.8 Å². The molecule has 4 nitrogen and oxygen atoms in total. The molecule has 4 heteroatoms. The molecule has 0 saturated carbocycles. The minimum atomic E-state index is -0.253. The zero-order valence-electron chi connectivity index (χ0n) is 13.8. The molecule has 0 spiro atoms. The summed E-state index contributed by atoms with van der Waals surface area (Å²) in [5, 5.41) is 20.2. The van der Waals surface area contributed by atoms with Gasteiger partial charge in [0.2, 0.25) is 0 Å². The number of hydrogen-bond donors (Lipinski definition) is 2. The van der Waals surface area contributed by atoms with Crippen LogP contribution >= 0.6 is 0 Å². The molecule has 0 radical (unpaired) electrons. The minimum absolute atomic E-state index is 0.250. The monoisotopic (exact) mass is 330 g/mol. The zero-order valence-corrected chi connectivity index (χ0v) is 13.8. The predicted octanol–water partition coefficient (Wildman–Crippen LogP) is 5.04. The first-order chi connectivity index (χ1) is 12.2. The number of aromatic nitrogens is 1. The van der Waals surface area contributed by atoms with Crippen molar-refractivity contribution in [2.45, 2.75) is 13.0 Å². The van der Waals surface area contributed by atoms with E-state index in [0.717, 1.165) is 27.7 Å². The quantitative estimate of drug-likeness (QED) is 0.550. The molecule has 0 bridgehead atoms. The molecule has 4 rings (SSSR count). The van der Waals surface area contributed by atoms with E-state index < -0.39 is 0 Å². The van der Waals surface area contributed by atoms with E-state index in [4.69, 9.17) is 4.52 Å². The highest BCUT2D eigenvalue weighted by Gasteiger charge is 2.21. The van der Waals surface area contributed by atoms with Crippen LogP contribution < -0.4 is 5.32 Å². The Kier molecular flexibility index (Phi) is 3.86. The van der Waals surface area contributed by atoms with E-state index in [2.05, 4.69) is 10.5 Å². The lowest BCUT2D eigenvalue weighted by atomic mass is 9.92. The molecule has 0 fully saturated rings. The second-order valence-electron chi connectivity index (χ2n) is 6.03. The van der Waals surface area contributed by atoms with Gasteiger partial charge in [-0.05, 0) is 29.3 Å². The van der Waals surface area contributed by atoms with E-state index in [0.29, 0.717) is 5.82 Å². The van der Waals surface area contributed by atoms with Gasteiger partial charge >= 0.3 is 0 Å². The Morgan fingerprint density at radius 2 is 1.72 bits per heavy atom. The third-order valence-corrected chi connectivity index (χ3v) is 4.29. The molecule has 25 heavy (non-hydrogen) atoms. The maximum atomic E-state index is 10.6. The van der Waals surface area contributed by atoms with Crippen LogP contribution in [0.4, 0.5) is 5.82 Å². The van der Waals surface area contributed by atoms with E-state index in [9.17, 15) is 5.11 Å². The Hall–Kier alpha value is -3.27. The first kappa shape index (κ1) is 15.3. The standard InChI is InChI=1S/C21H18N2O2/c1-14-13-19(23-25-14)22-21(16-8-3-2-4-9-16)20-17-10-6-5-7-15(17)11-12-18(20)24/h2-13,21,24H,1H3,(H,22,23). The topological polar surface area (TPSA) is 58.3 Å². The fourth-order valence-electron chi connectivity index (χ4n) is 3.14. The van der Waals surface area contributed by atoms with Crippen molar-refractivity contribution in [2.24, 2.45) is 0 Å². The normalized spacial score (nSPS) is 12.2. The number of aryl methyl sites for hydroxylation is 1. The molecule has 1 atom stereocenters. The van der Waals surface area contributed by atoms with Crippen LogP contribution in [0, 0.1) is 6.92 Å². The Bertz CT molecular complexity index is 1010.